The Labute approximate surface area is 151 Å². The van der Waals surface area contributed by atoms with Crippen LogP contribution < -0.4 is 0 Å². The highest BCUT2D eigenvalue weighted by Crippen LogP contribution is 2.32. The number of benzene rings is 1. The van der Waals surface area contributed by atoms with Crippen molar-refractivity contribution in [2.45, 2.75) is 36.5 Å². The van der Waals surface area contributed by atoms with Gasteiger partial charge in [-0.25, -0.2) is 21.1 Å². The number of hydrogen-bond acceptors (Lipinski definition) is 5. The number of sulfone groups is 1. The average Bonchev–Trinajstić information content (AvgIpc) is 2.92. The fraction of sp³-hybridized carbons (Fsp3) is 0.647. The summed E-state index contributed by atoms with van der Waals surface area (Å²) in [6.45, 7) is 3.06. The molecule has 6 nitrogen and oxygen atoms in total. The standard InChI is InChI=1S/C17H28N2O4S2/c1-5-6-15-12-19(24(4,20)21)13-17(15)25(22,23)16-9-7-14(8-10-16)11-18(2)3/h7-10,15,17H,5-6,11-13H2,1-4H3/t15-,17?/m1/s1. The molecule has 2 rings (SSSR count). The Bertz CT molecular complexity index is 786. The predicted molar refractivity (Wildman–Crippen MR) is 99.6 cm³/mol. The van der Waals surface area contributed by atoms with Crippen molar-refractivity contribution >= 4 is 19.9 Å². The van der Waals surface area contributed by atoms with Crippen molar-refractivity contribution in [3.63, 3.8) is 0 Å². The average molecular weight is 389 g/mol. The van der Waals surface area contributed by atoms with E-state index in [-0.39, 0.29) is 23.9 Å². The van der Waals surface area contributed by atoms with Crippen molar-refractivity contribution in [1.29, 1.82) is 0 Å². The Morgan fingerprint density at radius 1 is 1.08 bits per heavy atom. The van der Waals surface area contributed by atoms with Gasteiger partial charge in [-0.15, -0.1) is 0 Å². The lowest BCUT2D eigenvalue weighted by molar-refractivity contribution is 0.402. The van der Waals surface area contributed by atoms with Crippen LogP contribution in [0, 0.1) is 5.92 Å². The molecule has 1 aliphatic rings. The van der Waals surface area contributed by atoms with E-state index in [1.165, 1.54) is 4.31 Å². The molecule has 0 aliphatic carbocycles. The van der Waals surface area contributed by atoms with Gasteiger partial charge in [-0.05, 0) is 44.1 Å². The zero-order chi connectivity index (χ0) is 18.8. The lowest BCUT2D eigenvalue weighted by Crippen LogP contribution is -2.32. The van der Waals surface area contributed by atoms with Crippen molar-refractivity contribution in [2.75, 3.05) is 33.4 Å². The monoisotopic (exact) mass is 388 g/mol. The van der Waals surface area contributed by atoms with Crippen LogP contribution in [0.15, 0.2) is 29.2 Å². The summed E-state index contributed by atoms with van der Waals surface area (Å²) in [5, 5.41) is -0.679. The molecule has 25 heavy (non-hydrogen) atoms. The van der Waals surface area contributed by atoms with Crippen LogP contribution in [0.3, 0.4) is 0 Å². The summed E-state index contributed by atoms with van der Waals surface area (Å²) < 4.78 is 51.2. The highest BCUT2D eigenvalue weighted by Gasteiger charge is 2.44. The van der Waals surface area contributed by atoms with Crippen LogP contribution in [0.25, 0.3) is 0 Å². The van der Waals surface area contributed by atoms with Crippen LogP contribution in [-0.4, -0.2) is 64.7 Å². The fourth-order valence-corrected chi connectivity index (χ4v) is 6.36. The van der Waals surface area contributed by atoms with Crippen LogP contribution in [0.5, 0.6) is 0 Å². The maximum Gasteiger partial charge on any atom is 0.211 e. The van der Waals surface area contributed by atoms with E-state index in [1.807, 2.05) is 38.1 Å². The van der Waals surface area contributed by atoms with Crippen molar-refractivity contribution in [2.24, 2.45) is 5.92 Å². The first-order valence-electron chi connectivity index (χ1n) is 8.48. The third-order valence-corrected chi connectivity index (χ3v) is 8.12. The van der Waals surface area contributed by atoms with Gasteiger partial charge in [-0.2, -0.15) is 0 Å². The molecule has 1 fully saturated rings. The molecular formula is C17H28N2O4S2. The third-order valence-electron chi connectivity index (χ3n) is 4.63. The van der Waals surface area contributed by atoms with Gasteiger partial charge in [0.15, 0.2) is 9.84 Å². The molecule has 1 unspecified atom stereocenters. The molecule has 0 bridgehead atoms. The quantitative estimate of drug-likeness (QED) is 0.709. The second kappa shape index (κ2) is 7.73. The SMILES string of the molecule is CCC[C@@H]1CN(S(C)(=O)=O)CC1S(=O)(=O)c1ccc(CN(C)C)cc1. The summed E-state index contributed by atoms with van der Waals surface area (Å²) >= 11 is 0. The molecule has 0 spiro atoms. The maximum atomic E-state index is 13.1. The zero-order valence-electron chi connectivity index (χ0n) is 15.3. The van der Waals surface area contributed by atoms with Gasteiger partial charge in [0.1, 0.15) is 0 Å². The Morgan fingerprint density at radius 3 is 2.16 bits per heavy atom. The van der Waals surface area contributed by atoms with Crippen LogP contribution >= 0.6 is 0 Å². The molecule has 1 heterocycles. The zero-order valence-corrected chi connectivity index (χ0v) is 17.0. The number of rotatable bonds is 7. The van der Waals surface area contributed by atoms with E-state index in [9.17, 15) is 16.8 Å². The molecule has 1 aromatic carbocycles. The van der Waals surface area contributed by atoms with Crippen LogP contribution in [0.1, 0.15) is 25.3 Å². The van der Waals surface area contributed by atoms with E-state index >= 15 is 0 Å². The predicted octanol–water partition coefficient (Wildman–Crippen LogP) is 1.58. The Kier molecular flexibility index (Phi) is 6.30. The van der Waals surface area contributed by atoms with E-state index in [1.54, 1.807) is 12.1 Å². The molecule has 0 radical (unpaired) electrons. The largest absolute Gasteiger partial charge is 0.305 e. The molecule has 142 valence electrons. The summed E-state index contributed by atoms with van der Waals surface area (Å²) in [7, 11) is -3.04. The molecule has 1 saturated heterocycles. The summed E-state index contributed by atoms with van der Waals surface area (Å²) in [5.74, 6) is -0.161. The molecule has 0 saturated carbocycles. The molecule has 2 atom stereocenters. The summed E-state index contributed by atoms with van der Waals surface area (Å²) in [6, 6.07) is 6.93. The number of sulfonamides is 1. The highest BCUT2D eigenvalue weighted by atomic mass is 32.2. The second-order valence-electron chi connectivity index (χ2n) is 7.09. The molecule has 0 amide bonds. The summed E-state index contributed by atoms with van der Waals surface area (Å²) in [5.41, 5.74) is 1.04. The van der Waals surface area contributed by atoms with Crippen LogP contribution in [-0.2, 0) is 26.4 Å². The summed E-state index contributed by atoms with van der Waals surface area (Å²) in [4.78, 5) is 2.29. The van der Waals surface area contributed by atoms with Crippen LogP contribution in [0.2, 0.25) is 0 Å². The van der Waals surface area contributed by atoms with E-state index in [0.717, 1.165) is 24.8 Å². The number of nitrogens with zero attached hydrogens (tertiary/aromatic N) is 2. The van der Waals surface area contributed by atoms with E-state index < -0.39 is 25.1 Å². The first kappa shape index (κ1) is 20.4. The minimum absolute atomic E-state index is 0.0469. The van der Waals surface area contributed by atoms with Gasteiger partial charge in [0.2, 0.25) is 10.0 Å². The van der Waals surface area contributed by atoms with E-state index in [4.69, 9.17) is 0 Å². The van der Waals surface area contributed by atoms with Gasteiger partial charge in [0, 0.05) is 19.6 Å². The number of hydrogen-bond donors (Lipinski definition) is 0. The second-order valence-corrected chi connectivity index (χ2v) is 11.2. The van der Waals surface area contributed by atoms with Gasteiger partial charge < -0.3 is 4.90 Å². The Hall–Kier alpha value is -0.960. The Balaban J connectivity index is 2.30. The van der Waals surface area contributed by atoms with Crippen molar-refractivity contribution in [3.8, 4) is 0 Å². The minimum atomic E-state index is -3.57. The van der Waals surface area contributed by atoms with Gasteiger partial charge in [0.05, 0.1) is 16.4 Å². The highest BCUT2D eigenvalue weighted by molar-refractivity contribution is 7.92. The van der Waals surface area contributed by atoms with E-state index in [0.29, 0.717) is 6.42 Å². The molecule has 0 aromatic heterocycles. The van der Waals surface area contributed by atoms with Gasteiger partial charge in [-0.1, -0.05) is 25.5 Å². The van der Waals surface area contributed by atoms with Gasteiger partial charge in [0.25, 0.3) is 0 Å². The molecule has 0 N–H and O–H groups in total. The topological polar surface area (TPSA) is 74.8 Å². The molecule has 1 aliphatic heterocycles. The van der Waals surface area contributed by atoms with Crippen molar-refractivity contribution in [1.82, 2.24) is 9.21 Å². The first-order valence-corrected chi connectivity index (χ1v) is 11.9. The molecule has 8 heteroatoms. The smallest absolute Gasteiger partial charge is 0.211 e. The lowest BCUT2D eigenvalue weighted by Gasteiger charge is -2.18. The van der Waals surface area contributed by atoms with Crippen molar-refractivity contribution in [3.05, 3.63) is 29.8 Å². The summed E-state index contributed by atoms with van der Waals surface area (Å²) in [6.07, 6.45) is 2.67. The third kappa shape index (κ3) is 4.81. The van der Waals surface area contributed by atoms with Crippen molar-refractivity contribution < 1.29 is 16.8 Å². The minimum Gasteiger partial charge on any atom is -0.305 e. The molecular weight excluding hydrogens is 360 g/mol. The fourth-order valence-electron chi connectivity index (χ4n) is 3.40. The lowest BCUT2D eigenvalue weighted by atomic mass is 10.0. The first-order chi connectivity index (χ1) is 11.6. The molecule has 1 aromatic rings. The van der Waals surface area contributed by atoms with Gasteiger partial charge in [-0.3, -0.25) is 0 Å². The van der Waals surface area contributed by atoms with Gasteiger partial charge >= 0.3 is 0 Å². The van der Waals surface area contributed by atoms with E-state index in [2.05, 4.69) is 0 Å². The normalized spacial score (nSPS) is 22.6. The Morgan fingerprint density at radius 2 is 1.68 bits per heavy atom. The van der Waals surface area contributed by atoms with Crippen LogP contribution in [0.4, 0.5) is 0 Å². The maximum absolute atomic E-state index is 13.1.